The zero-order valence-corrected chi connectivity index (χ0v) is 15.2. The van der Waals surface area contributed by atoms with Crippen LogP contribution in [0.1, 0.15) is 12.6 Å². The van der Waals surface area contributed by atoms with Crippen LogP contribution in [0.15, 0.2) is 18.6 Å². The summed E-state index contributed by atoms with van der Waals surface area (Å²) in [6.45, 7) is 3.17. The Morgan fingerprint density at radius 3 is 2.88 bits per heavy atom. The molecule has 0 bridgehead atoms. The van der Waals surface area contributed by atoms with E-state index in [0.29, 0.717) is 16.9 Å². The number of aliphatic hydroxyl groups excluding tert-OH is 1. The SMILES string of the molecule is C=P(C)(C)CCC1O[C@@H](n2cnc3c(N)ccnc32)[C@H](OC)[C@@H]1O. The average molecular weight is 352 g/mol. The van der Waals surface area contributed by atoms with Gasteiger partial charge in [0.05, 0.1) is 18.1 Å². The summed E-state index contributed by atoms with van der Waals surface area (Å²) in [6.07, 6.45) is 7.23. The molecule has 3 heterocycles. The van der Waals surface area contributed by atoms with Gasteiger partial charge in [-0.25, -0.2) is 9.97 Å². The number of nitrogens with two attached hydrogens (primary N) is 1. The Kier molecular flexibility index (Phi) is 4.71. The lowest BCUT2D eigenvalue weighted by Gasteiger charge is -2.20. The van der Waals surface area contributed by atoms with Crippen LogP contribution in [0, 0.1) is 0 Å². The number of methoxy groups -OCH3 is 1. The van der Waals surface area contributed by atoms with Crippen LogP contribution in [0.2, 0.25) is 0 Å². The fourth-order valence-corrected chi connectivity index (χ4v) is 4.01. The van der Waals surface area contributed by atoms with E-state index in [1.807, 2.05) is 0 Å². The molecule has 132 valence electrons. The molecule has 8 heteroatoms. The molecule has 2 aromatic rings. The van der Waals surface area contributed by atoms with E-state index in [4.69, 9.17) is 15.2 Å². The van der Waals surface area contributed by atoms with Gasteiger partial charge in [-0.05, 0) is 32.0 Å². The van der Waals surface area contributed by atoms with Crippen molar-refractivity contribution in [2.75, 3.05) is 32.3 Å². The maximum absolute atomic E-state index is 10.6. The molecular formula is C16H25N4O3P. The number of nitrogens with zero attached hydrogens (tertiary/aromatic N) is 3. The number of rotatable bonds is 5. The van der Waals surface area contributed by atoms with Crippen LogP contribution < -0.4 is 5.73 Å². The van der Waals surface area contributed by atoms with E-state index in [0.717, 1.165) is 12.6 Å². The van der Waals surface area contributed by atoms with Crippen LogP contribution in [0.3, 0.4) is 0 Å². The molecule has 0 saturated carbocycles. The van der Waals surface area contributed by atoms with Crippen molar-refractivity contribution in [1.29, 1.82) is 0 Å². The Bertz CT molecular complexity index is 772. The number of anilines is 1. The molecule has 0 radical (unpaired) electrons. The van der Waals surface area contributed by atoms with Crippen molar-refractivity contribution >= 4 is 30.0 Å². The van der Waals surface area contributed by atoms with Crippen LogP contribution in [0.25, 0.3) is 11.2 Å². The molecule has 3 rings (SSSR count). The van der Waals surface area contributed by atoms with E-state index in [1.54, 1.807) is 30.3 Å². The monoisotopic (exact) mass is 352 g/mol. The molecule has 0 amide bonds. The molecule has 1 aliphatic heterocycles. The molecule has 7 nitrogen and oxygen atoms in total. The maximum atomic E-state index is 10.6. The third kappa shape index (κ3) is 3.22. The Morgan fingerprint density at radius 2 is 2.21 bits per heavy atom. The summed E-state index contributed by atoms with van der Waals surface area (Å²) < 4.78 is 13.4. The number of fused-ring (bicyclic) bond motifs is 1. The zero-order valence-electron chi connectivity index (χ0n) is 14.3. The second kappa shape index (κ2) is 6.48. The van der Waals surface area contributed by atoms with Gasteiger partial charge in [0.1, 0.15) is 17.7 Å². The minimum atomic E-state index is -1.18. The number of hydrogen-bond acceptors (Lipinski definition) is 6. The van der Waals surface area contributed by atoms with E-state index in [1.165, 1.54) is 0 Å². The summed E-state index contributed by atoms with van der Waals surface area (Å²) in [5.74, 6) is 0. The van der Waals surface area contributed by atoms with Crippen LogP contribution >= 0.6 is 6.89 Å². The number of hydrogen-bond donors (Lipinski definition) is 2. The predicted molar refractivity (Wildman–Crippen MR) is 98.0 cm³/mol. The summed E-state index contributed by atoms with van der Waals surface area (Å²) >= 11 is 0. The van der Waals surface area contributed by atoms with Gasteiger partial charge in [-0.3, -0.25) is 4.57 Å². The first-order valence-electron chi connectivity index (χ1n) is 7.92. The zero-order chi connectivity index (χ0) is 17.5. The fourth-order valence-electron chi connectivity index (χ4n) is 3.05. The van der Waals surface area contributed by atoms with Crippen LogP contribution in [0.4, 0.5) is 5.69 Å². The third-order valence-electron chi connectivity index (χ3n) is 4.37. The maximum Gasteiger partial charge on any atom is 0.165 e. The van der Waals surface area contributed by atoms with Crippen molar-refractivity contribution in [2.24, 2.45) is 0 Å². The van der Waals surface area contributed by atoms with E-state index >= 15 is 0 Å². The van der Waals surface area contributed by atoms with Gasteiger partial charge in [0.2, 0.25) is 0 Å². The minimum absolute atomic E-state index is 0.292. The van der Waals surface area contributed by atoms with Crippen molar-refractivity contribution in [1.82, 2.24) is 14.5 Å². The number of imidazole rings is 1. The normalized spacial score (nSPS) is 27.8. The number of aromatic nitrogens is 3. The van der Waals surface area contributed by atoms with Crippen molar-refractivity contribution in [3.8, 4) is 0 Å². The number of ether oxygens (including phenoxy) is 2. The fraction of sp³-hybridized carbons (Fsp3) is 0.562. The van der Waals surface area contributed by atoms with Crippen molar-refractivity contribution in [3.63, 3.8) is 0 Å². The quantitative estimate of drug-likeness (QED) is 0.790. The van der Waals surface area contributed by atoms with Crippen LogP contribution in [0.5, 0.6) is 0 Å². The van der Waals surface area contributed by atoms with Gasteiger partial charge in [-0.15, -0.1) is 13.2 Å². The van der Waals surface area contributed by atoms with Gasteiger partial charge >= 0.3 is 0 Å². The highest BCUT2D eigenvalue weighted by molar-refractivity contribution is 7.72. The summed E-state index contributed by atoms with van der Waals surface area (Å²) in [5.41, 5.74) is 7.76. The molecule has 1 unspecified atom stereocenters. The summed E-state index contributed by atoms with van der Waals surface area (Å²) in [5, 5.41) is 10.6. The molecule has 0 aromatic carbocycles. The molecule has 0 aliphatic carbocycles. The van der Waals surface area contributed by atoms with Crippen molar-refractivity contribution < 1.29 is 14.6 Å². The summed E-state index contributed by atoms with van der Waals surface area (Å²) in [7, 11) is 1.58. The highest BCUT2D eigenvalue weighted by atomic mass is 31.2. The van der Waals surface area contributed by atoms with E-state index in [-0.39, 0.29) is 6.10 Å². The van der Waals surface area contributed by atoms with Gasteiger partial charge in [-0.1, -0.05) is 0 Å². The number of nitrogen functional groups attached to an aromatic ring is 1. The predicted octanol–water partition coefficient (Wildman–Crippen LogP) is 1.39. The van der Waals surface area contributed by atoms with Gasteiger partial charge in [0.25, 0.3) is 0 Å². The Balaban J connectivity index is 1.89. The first-order chi connectivity index (χ1) is 11.3. The average Bonchev–Trinajstić information content (AvgIpc) is 3.06. The second-order valence-corrected chi connectivity index (χ2v) is 11.2. The highest BCUT2D eigenvalue weighted by Crippen LogP contribution is 2.40. The Labute approximate surface area is 141 Å². The largest absolute Gasteiger partial charge is 0.397 e. The third-order valence-corrected chi connectivity index (χ3v) is 5.84. The lowest BCUT2D eigenvalue weighted by molar-refractivity contribution is -0.0496. The molecule has 1 fully saturated rings. The minimum Gasteiger partial charge on any atom is -0.397 e. The molecular weight excluding hydrogens is 327 g/mol. The van der Waals surface area contributed by atoms with Crippen LogP contribution in [-0.4, -0.2) is 70.9 Å². The summed E-state index contributed by atoms with van der Waals surface area (Å²) in [6, 6.07) is 1.71. The lowest BCUT2D eigenvalue weighted by atomic mass is 10.1. The molecule has 3 N–H and O–H groups in total. The topological polar surface area (TPSA) is 95.4 Å². The smallest absolute Gasteiger partial charge is 0.165 e. The molecule has 24 heavy (non-hydrogen) atoms. The molecule has 0 spiro atoms. The van der Waals surface area contributed by atoms with E-state index < -0.39 is 25.3 Å². The molecule has 2 aromatic heterocycles. The summed E-state index contributed by atoms with van der Waals surface area (Å²) in [4.78, 5) is 8.67. The standard InChI is InChI=1S/C16H25N4O3P/c1-22-14-13(21)11(6-8-24(2,3)4)23-16(14)20-9-19-12-10(17)5-7-18-15(12)20/h5,7,9,11,13-14,16,21H,2,6,8H2,1,3-4H3,(H2,17,18)/t11?,13-,14-,16-/m1/s1. The van der Waals surface area contributed by atoms with Gasteiger partial charge in [-0.2, -0.15) is 0 Å². The van der Waals surface area contributed by atoms with E-state index in [2.05, 4.69) is 29.6 Å². The number of pyridine rings is 1. The Hall–Kier alpha value is -1.40. The van der Waals surface area contributed by atoms with Crippen molar-refractivity contribution in [3.05, 3.63) is 18.6 Å². The van der Waals surface area contributed by atoms with E-state index in [9.17, 15) is 5.11 Å². The number of aliphatic hydroxyl groups is 1. The molecule has 4 atom stereocenters. The molecule has 1 saturated heterocycles. The first-order valence-corrected chi connectivity index (χ1v) is 11.0. The van der Waals surface area contributed by atoms with Gasteiger partial charge in [0, 0.05) is 13.3 Å². The lowest BCUT2D eigenvalue weighted by Crippen LogP contribution is -2.33. The van der Waals surface area contributed by atoms with Gasteiger partial charge in [0.15, 0.2) is 11.9 Å². The first kappa shape index (κ1) is 17.4. The molecule has 1 aliphatic rings. The van der Waals surface area contributed by atoms with Crippen LogP contribution in [-0.2, 0) is 9.47 Å². The second-order valence-electron chi connectivity index (χ2n) is 6.93. The van der Waals surface area contributed by atoms with Crippen molar-refractivity contribution in [2.45, 2.75) is 31.0 Å². The van der Waals surface area contributed by atoms with Gasteiger partial charge < -0.3 is 20.3 Å². The Morgan fingerprint density at radius 1 is 1.46 bits per heavy atom. The highest BCUT2D eigenvalue weighted by Gasteiger charge is 2.45.